The van der Waals surface area contributed by atoms with E-state index in [1.165, 1.54) is 88.3 Å². The Labute approximate surface area is 734 Å². The topological polar surface area (TPSA) is 385 Å². The van der Waals surface area contributed by atoms with Crippen LogP contribution < -0.4 is 43.8 Å². The molecule has 2 aromatic heterocycles. The molecule has 7 heterocycles. The van der Waals surface area contributed by atoms with Crippen molar-refractivity contribution in [2.45, 2.75) is 150 Å². The van der Waals surface area contributed by atoms with E-state index in [2.05, 4.69) is 49.5 Å². The van der Waals surface area contributed by atoms with Crippen LogP contribution >= 0.6 is 0 Å². The molecule has 34 heteroatoms. The van der Waals surface area contributed by atoms with E-state index in [1.54, 1.807) is 47.4 Å². The van der Waals surface area contributed by atoms with Crippen LogP contribution in [0.1, 0.15) is 192 Å². The average Bonchev–Trinajstić information content (AvgIpc) is 1.60. The second kappa shape index (κ2) is 55.0. The number of aryl methyl sites for hydroxylation is 2. The summed E-state index contributed by atoms with van der Waals surface area (Å²) in [6, 6.07) is 37.0. The standard InChI is InChI=1S/C34H38FN3O4.C24H27N3O5.C17H17FO3.C4H6O4.C4H8O.C2H3BO2.CH2O2.Na.2H2O.Pd/c1-3-42-31-20-22(19-28(23-6-7-23)32(31)24-8-10-25(35)11-9-24)21-37-17-14-26(15-18-37)38-16-4-5-29-27(33(38)39)12-13-30(36-29)34(40)41-2;1-31-23(29)21-10-9-19-20(25-21)8-5-13-27(22(19)28)18-11-14-26(15-12-18)24(30)32-16-17-6-3-2-4-7-17;1-3-20-15-9-12(11-19)10-16(21-4-2)17(15)13-5-7-14(18)8-6-13;1-3(5)7-8-4(2)6;1-2-4-5-3-1;1-2(4)5-3;2-1-3;;;;/h8-13,19-20,23,26H,3-7,14-18,21H2,1-2H3;2-4,6-7,9-10,18H,5,8,11-16H2,1H3;5-11H,3-4H2,1-2H3;1-2H3;1-4H2;1H3;1H,(H,2,3);;2*1H2;/q;;;;;-1;;+1;;;. The number of carbonyl (C=O) groups is 10. The molecule has 1 aliphatic carbocycles. The zero-order chi connectivity index (χ0) is 84.1. The molecule has 0 atom stereocenters. The largest absolute Gasteiger partial charge is 1.00 e. The predicted octanol–water partition coefficient (Wildman–Crippen LogP) is 8.67. The molecule has 29 nitrogen and oxygen atoms in total. The summed E-state index contributed by atoms with van der Waals surface area (Å²) in [5.74, 6) is -0.835. The Morgan fingerprint density at radius 3 is 1.37 bits per heavy atom. The first-order chi connectivity index (χ1) is 56.0. The summed E-state index contributed by atoms with van der Waals surface area (Å²) in [5, 5.41) is 6.89. The maximum Gasteiger partial charge on any atom is 1.00 e. The number of nitrogens with zero attached hydrogens (tertiary/aromatic N) is 6. The van der Waals surface area contributed by atoms with Gasteiger partial charge in [-0.05, 0) is 198 Å². The number of pyridine rings is 2. The number of ether oxygens (including phenoxy) is 7. The zero-order valence-corrected chi connectivity index (χ0v) is 72.7. The summed E-state index contributed by atoms with van der Waals surface area (Å²) in [6.07, 6.45) is 11.4. The van der Waals surface area contributed by atoms with Crippen molar-refractivity contribution in [1.29, 1.82) is 0 Å². The van der Waals surface area contributed by atoms with Crippen molar-refractivity contribution >= 4 is 68.6 Å². The van der Waals surface area contributed by atoms with E-state index in [-0.39, 0.29) is 127 Å². The molecule has 0 unspecified atom stereocenters. The molecule has 120 heavy (non-hydrogen) atoms. The van der Waals surface area contributed by atoms with E-state index < -0.39 is 29.8 Å². The zero-order valence-electron chi connectivity index (χ0n) is 69.1. The summed E-state index contributed by atoms with van der Waals surface area (Å²) in [6.45, 7) is 17.8. The summed E-state index contributed by atoms with van der Waals surface area (Å²) in [5.41, 5.74) is 10.5. The Hall–Kier alpha value is -10.1. The van der Waals surface area contributed by atoms with Gasteiger partial charge in [0.25, 0.3) is 18.3 Å². The number of carbonyl (C=O) groups excluding carboxylic acids is 9. The monoisotopic (exact) mass is 1770 g/mol. The molecule has 5 N–H and O–H groups in total. The summed E-state index contributed by atoms with van der Waals surface area (Å²) < 4.78 is 67.7. The smallest absolute Gasteiger partial charge is 0.793 e. The average molecular weight is 1770 g/mol. The number of carboxylic acid groups (broad SMARTS) is 1. The second-order valence-electron chi connectivity index (χ2n) is 27.2. The first-order valence-corrected chi connectivity index (χ1v) is 38.6. The SMILES string of the molecule is C1CCOC1.CC(=O)OOC(C)=O.CCOc1cc(C=O)cc(OCC)c1-c1ccc(F)cc1.CCOc1cc(CN2CCC(N3CCCc4nc(C(=O)OC)ccc4C3=O)CC2)cc(C2CC2)c1-c1ccc(F)cc1.COC(=O)c1ccc2c(n1)CCCN(C1CCN(C(=O)OCc3ccccc3)CC1)C2=O.O.O.O=CO.[B-]OC(C)=O.[Na+].[Pd]. The van der Waals surface area contributed by atoms with E-state index in [0.29, 0.717) is 117 Å². The van der Waals surface area contributed by atoms with Crippen LogP contribution in [0, 0.1) is 11.6 Å². The first kappa shape index (κ1) is 104. The van der Waals surface area contributed by atoms with Crippen LogP contribution in [-0.4, -0.2) is 213 Å². The molecule has 0 bridgehead atoms. The normalized spacial score (nSPS) is 14.5. The molecular formula is C86H105BF2N6NaO23Pd. The van der Waals surface area contributed by atoms with Gasteiger partial charge in [-0.2, -0.15) is 0 Å². The molecule has 1 saturated carbocycles. The number of likely N-dealkylation sites (tertiary alicyclic amines) is 2. The Kier molecular flexibility index (Phi) is 47.7. The summed E-state index contributed by atoms with van der Waals surface area (Å²) >= 11 is 0. The Morgan fingerprint density at radius 1 is 0.558 bits per heavy atom. The molecule has 3 saturated heterocycles. The number of benzene rings is 5. The van der Waals surface area contributed by atoms with Gasteiger partial charge in [0.1, 0.15) is 53.2 Å². The van der Waals surface area contributed by atoms with Gasteiger partial charge in [0.2, 0.25) is 5.97 Å². The van der Waals surface area contributed by atoms with Gasteiger partial charge >= 0.3 is 59.5 Å². The van der Waals surface area contributed by atoms with Crippen molar-refractivity contribution in [2.24, 2.45) is 0 Å². The molecule has 4 fully saturated rings. The third kappa shape index (κ3) is 32.5. The molecule has 13 rings (SSSR count). The van der Waals surface area contributed by atoms with Gasteiger partial charge < -0.3 is 76.6 Å². The molecular weight excluding hydrogens is 1660 g/mol. The summed E-state index contributed by atoms with van der Waals surface area (Å²) in [7, 11) is 6.97. The van der Waals surface area contributed by atoms with Crippen LogP contribution in [-0.2, 0) is 99.0 Å². The minimum atomic E-state index is -0.639. The van der Waals surface area contributed by atoms with Crippen molar-refractivity contribution in [1.82, 2.24) is 29.6 Å². The number of fused-ring (bicyclic) bond motifs is 2. The fourth-order valence-corrected chi connectivity index (χ4v) is 13.5. The molecule has 5 aromatic carbocycles. The second-order valence-corrected chi connectivity index (χ2v) is 27.2. The van der Waals surface area contributed by atoms with E-state index in [4.69, 9.17) is 43.1 Å². The Bertz CT molecular complexity index is 4380. The van der Waals surface area contributed by atoms with Crippen LogP contribution in [0.15, 0.2) is 127 Å². The van der Waals surface area contributed by atoms with Crippen molar-refractivity contribution in [3.05, 3.63) is 195 Å². The van der Waals surface area contributed by atoms with Crippen LogP contribution in [0.2, 0.25) is 0 Å². The molecule has 645 valence electrons. The number of esters is 2. The van der Waals surface area contributed by atoms with E-state index in [9.17, 15) is 51.9 Å². The quantitative estimate of drug-likeness (QED) is 0.0209. The maximum absolute atomic E-state index is 13.7. The number of rotatable bonds is 18. The third-order valence-corrected chi connectivity index (χ3v) is 19.0. The molecule has 3 radical (unpaired) electrons. The minimum absolute atomic E-state index is 0. The van der Waals surface area contributed by atoms with Gasteiger partial charge in [0, 0.05) is 123 Å². The fourth-order valence-electron chi connectivity index (χ4n) is 13.5. The van der Waals surface area contributed by atoms with Gasteiger partial charge in [-0.1, -0.05) is 60.7 Å². The van der Waals surface area contributed by atoms with Crippen molar-refractivity contribution in [3.8, 4) is 39.5 Å². The summed E-state index contributed by atoms with van der Waals surface area (Å²) in [4.78, 5) is 136. The third-order valence-electron chi connectivity index (χ3n) is 19.0. The number of hydrogen-bond donors (Lipinski definition) is 1. The minimum Gasteiger partial charge on any atom is -0.793 e. The van der Waals surface area contributed by atoms with Gasteiger partial charge in [-0.3, -0.25) is 28.9 Å². The van der Waals surface area contributed by atoms with Crippen LogP contribution in [0.5, 0.6) is 17.2 Å². The number of aromatic nitrogens is 2. The van der Waals surface area contributed by atoms with Gasteiger partial charge in [-0.15, -0.1) is 0 Å². The van der Waals surface area contributed by atoms with Gasteiger partial charge in [-0.25, -0.2) is 52.5 Å². The Balaban J connectivity index is 0.000000421. The maximum atomic E-state index is 13.7. The van der Waals surface area contributed by atoms with Gasteiger partial charge in [0.15, 0.2) is 0 Å². The van der Waals surface area contributed by atoms with E-state index >= 15 is 0 Å². The van der Waals surface area contributed by atoms with Crippen molar-refractivity contribution < 1.29 is 170 Å². The number of piperidine rings is 2. The van der Waals surface area contributed by atoms with Crippen LogP contribution in [0.4, 0.5) is 13.6 Å². The number of hydrogen-bond acceptors (Lipinski definition) is 23. The molecule has 6 aliphatic rings. The number of aldehydes is 1. The predicted molar refractivity (Wildman–Crippen MR) is 431 cm³/mol. The fraction of sp³-hybridized carbons (Fsp3) is 0.419. The number of methoxy groups -OCH3 is 2. The van der Waals surface area contributed by atoms with E-state index in [0.717, 1.165) is 112 Å². The van der Waals surface area contributed by atoms with Crippen LogP contribution in [0.25, 0.3) is 22.3 Å². The molecule has 5 aliphatic heterocycles. The van der Waals surface area contributed by atoms with Crippen molar-refractivity contribution in [3.63, 3.8) is 0 Å². The van der Waals surface area contributed by atoms with Crippen molar-refractivity contribution in [2.75, 3.05) is 86.5 Å². The number of amides is 3. The Morgan fingerprint density at radius 2 is 0.983 bits per heavy atom. The molecule has 7 aromatic rings. The van der Waals surface area contributed by atoms with Crippen LogP contribution in [0.3, 0.4) is 0 Å². The number of halogens is 2. The van der Waals surface area contributed by atoms with Gasteiger partial charge in [0.05, 0.1) is 62.1 Å². The molecule has 0 spiro atoms. The van der Waals surface area contributed by atoms with E-state index in [1.807, 2.05) is 73.0 Å². The molecule has 3 amide bonds. The first-order valence-electron chi connectivity index (χ1n) is 38.6.